The van der Waals surface area contributed by atoms with Crippen LogP contribution in [0.25, 0.3) is 11.0 Å². The Morgan fingerprint density at radius 2 is 2.00 bits per heavy atom. The minimum Gasteiger partial charge on any atom is -0.347 e. The summed E-state index contributed by atoms with van der Waals surface area (Å²) in [5, 5.41) is -0.655. The van der Waals surface area contributed by atoms with Crippen molar-refractivity contribution in [3.63, 3.8) is 0 Å². The van der Waals surface area contributed by atoms with E-state index in [1.165, 1.54) is 0 Å². The lowest BCUT2D eigenvalue weighted by atomic mass is 10.1. The zero-order valence-electron chi connectivity index (χ0n) is 10.1. The third-order valence-electron chi connectivity index (χ3n) is 2.83. The van der Waals surface area contributed by atoms with E-state index in [-0.39, 0.29) is 23.9 Å². The molecule has 0 saturated heterocycles. The van der Waals surface area contributed by atoms with Gasteiger partial charge in [-0.05, 0) is 18.2 Å². The standard InChI is InChI=1S/C12H10N4O2S.ClH/c17-9(10(19)11-13-3-4-14-11)6-1-2-7-8(5-6)16-12(18)15-7;/h1-5,10,19H,(H,13,14)(H2,15,16,18);1H. The molecule has 2 heterocycles. The topological polar surface area (TPSA) is 94.4 Å². The second-order valence-electron chi connectivity index (χ2n) is 4.08. The molecule has 8 heteroatoms. The van der Waals surface area contributed by atoms with Gasteiger partial charge in [-0.15, -0.1) is 12.4 Å². The van der Waals surface area contributed by atoms with Gasteiger partial charge in [0, 0.05) is 18.0 Å². The Hall–Kier alpha value is -1.99. The molecule has 2 aromatic heterocycles. The molecule has 1 unspecified atom stereocenters. The van der Waals surface area contributed by atoms with Gasteiger partial charge in [0.15, 0.2) is 5.78 Å². The van der Waals surface area contributed by atoms with Gasteiger partial charge in [-0.2, -0.15) is 12.6 Å². The summed E-state index contributed by atoms with van der Waals surface area (Å²) in [6.45, 7) is 0. The number of hydrogen-bond acceptors (Lipinski definition) is 4. The third-order valence-corrected chi connectivity index (χ3v) is 3.31. The molecule has 20 heavy (non-hydrogen) atoms. The van der Waals surface area contributed by atoms with E-state index in [1.54, 1.807) is 30.6 Å². The lowest BCUT2D eigenvalue weighted by molar-refractivity contribution is 0.0988. The van der Waals surface area contributed by atoms with Crippen LogP contribution in [0.3, 0.4) is 0 Å². The summed E-state index contributed by atoms with van der Waals surface area (Å²) in [6.07, 6.45) is 3.21. The van der Waals surface area contributed by atoms with Gasteiger partial charge in [0.25, 0.3) is 0 Å². The molecule has 0 radical (unpaired) electrons. The normalized spacial score (nSPS) is 12.1. The largest absolute Gasteiger partial charge is 0.347 e. The highest BCUT2D eigenvalue weighted by Crippen LogP contribution is 2.22. The highest BCUT2D eigenvalue weighted by Gasteiger charge is 2.20. The zero-order valence-corrected chi connectivity index (χ0v) is 11.8. The fraction of sp³-hybridized carbons (Fsp3) is 0.0833. The molecular formula is C12H11ClN4O2S. The Labute approximate surface area is 124 Å². The summed E-state index contributed by atoms with van der Waals surface area (Å²) in [7, 11) is 0. The van der Waals surface area contributed by atoms with Gasteiger partial charge >= 0.3 is 5.69 Å². The van der Waals surface area contributed by atoms with Crippen molar-refractivity contribution in [2.75, 3.05) is 0 Å². The molecule has 3 aromatic rings. The number of ketones is 1. The lowest BCUT2D eigenvalue weighted by Crippen LogP contribution is -2.09. The number of imidazole rings is 2. The average molecular weight is 311 g/mol. The molecule has 0 spiro atoms. The Morgan fingerprint density at radius 1 is 1.25 bits per heavy atom. The number of H-pyrrole nitrogens is 3. The molecule has 0 aliphatic carbocycles. The van der Waals surface area contributed by atoms with Crippen LogP contribution >= 0.6 is 25.0 Å². The first-order valence-electron chi connectivity index (χ1n) is 5.59. The molecule has 1 aromatic carbocycles. The van der Waals surface area contributed by atoms with Gasteiger partial charge in [-0.1, -0.05) is 0 Å². The van der Waals surface area contributed by atoms with E-state index in [4.69, 9.17) is 0 Å². The first kappa shape index (κ1) is 14.4. The first-order valence-corrected chi connectivity index (χ1v) is 6.10. The van der Waals surface area contributed by atoms with Crippen LogP contribution in [0.15, 0.2) is 35.4 Å². The molecule has 0 aliphatic rings. The SMILES string of the molecule is Cl.O=C(c1ccc2[nH]c(=O)[nH]c2c1)C(S)c1ncc[nH]1. The number of fused-ring (bicyclic) bond motifs is 1. The number of halogens is 1. The van der Waals surface area contributed by atoms with Crippen LogP contribution in [0.1, 0.15) is 21.4 Å². The molecule has 6 nitrogen and oxygen atoms in total. The molecule has 104 valence electrons. The number of carbonyl (C=O) groups excluding carboxylic acids is 1. The van der Waals surface area contributed by atoms with Crippen LogP contribution in [-0.4, -0.2) is 25.7 Å². The quantitative estimate of drug-likeness (QED) is 0.439. The van der Waals surface area contributed by atoms with Crippen molar-refractivity contribution >= 4 is 41.9 Å². The molecule has 3 N–H and O–H groups in total. The van der Waals surface area contributed by atoms with Crippen LogP contribution < -0.4 is 5.69 Å². The number of hydrogen-bond donors (Lipinski definition) is 4. The Morgan fingerprint density at radius 3 is 2.70 bits per heavy atom. The number of thiol groups is 1. The van der Waals surface area contributed by atoms with Crippen molar-refractivity contribution in [2.24, 2.45) is 0 Å². The maximum atomic E-state index is 12.3. The monoisotopic (exact) mass is 310 g/mol. The Kier molecular flexibility index (Phi) is 4.01. The smallest absolute Gasteiger partial charge is 0.323 e. The maximum absolute atomic E-state index is 12.3. The number of aromatic nitrogens is 4. The highest BCUT2D eigenvalue weighted by molar-refractivity contribution is 7.81. The van der Waals surface area contributed by atoms with E-state index in [2.05, 4.69) is 32.6 Å². The van der Waals surface area contributed by atoms with E-state index in [1.807, 2.05) is 0 Å². The molecule has 0 bridgehead atoms. The second kappa shape index (κ2) is 5.56. The van der Waals surface area contributed by atoms with Crippen molar-refractivity contribution in [2.45, 2.75) is 5.25 Å². The van der Waals surface area contributed by atoms with E-state index in [9.17, 15) is 9.59 Å². The molecule has 0 fully saturated rings. The van der Waals surface area contributed by atoms with E-state index in [0.717, 1.165) is 0 Å². The minimum atomic E-state index is -0.655. The molecule has 0 amide bonds. The molecule has 1 atom stereocenters. The third kappa shape index (κ3) is 2.50. The van der Waals surface area contributed by atoms with Gasteiger partial charge in [0.1, 0.15) is 11.1 Å². The summed E-state index contributed by atoms with van der Waals surface area (Å²) in [6, 6.07) is 4.96. The summed E-state index contributed by atoms with van der Waals surface area (Å²) in [5.74, 6) is 0.318. The number of rotatable bonds is 3. The Bertz CT molecular complexity index is 793. The predicted octanol–water partition coefficient (Wildman–Crippen LogP) is 1.85. The maximum Gasteiger partial charge on any atom is 0.323 e. The van der Waals surface area contributed by atoms with Gasteiger partial charge < -0.3 is 15.0 Å². The summed E-state index contributed by atoms with van der Waals surface area (Å²) in [4.78, 5) is 35.5. The number of Topliss-reactive ketones (excluding diaryl/α,β-unsaturated/α-hetero) is 1. The predicted molar refractivity (Wildman–Crippen MR) is 80.8 cm³/mol. The van der Waals surface area contributed by atoms with Crippen molar-refractivity contribution in [3.05, 3.63) is 52.5 Å². The van der Waals surface area contributed by atoms with Crippen LogP contribution in [-0.2, 0) is 0 Å². The van der Waals surface area contributed by atoms with E-state index >= 15 is 0 Å². The lowest BCUT2D eigenvalue weighted by Gasteiger charge is -2.06. The molecule has 0 aliphatic heterocycles. The number of nitrogens with zero attached hydrogens (tertiary/aromatic N) is 1. The van der Waals surface area contributed by atoms with E-state index < -0.39 is 5.25 Å². The Balaban J connectivity index is 0.00000147. The van der Waals surface area contributed by atoms with Crippen molar-refractivity contribution < 1.29 is 4.79 Å². The van der Waals surface area contributed by atoms with Crippen molar-refractivity contribution in [3.8, 4) is 0 Å². The average Bonchev–Trinajstić information content (AvgIpc) is 3.03. The van der Waals surface area contributed by atoms with E-state index in [0.29, 0.717) is 22.4 Å². The number of carbonyl (C=O) groups is 1. The fourth-order valence-electron chi connectivity index (χ4n) is 1.89. The van der Waals surface area contributed by atoms with Gasteiger partial charge in [0.05, 0.1) is 11.0 Å². The molecule has 3 rings (SSSR count). The van der Waals surface area contributed by atoms with Crippen LogP contribution in [0.4, 0.5) is 0 Å². The molecule has 0 saturated carbocycles. The highest BCUT2D eigenvalue weighted by atomic mass is 35.5. The van der Waals surface area contributed by atoms with Crippen molar-refractivity contribution in [1.82, 2.24) is 19.9 Å². The number of nitrogens with one attached hydrogen (secondary N) is 3. The zero-order chi connectivity index (χ0) is 13.4. The fourth-order valence-corrected chi connectivity index (χ4v) is 2.19. The van der Waals surface area contributed by atoms with Gasteiger partial charge in [-0.25, -0.2) is 9.78 Å². The minimum absolute atomic E-state index is 0. The van der Waals surface area contributed by atoms with Crippen molar-refractivity contribution in [1.29, 1.82) is 0 Å². The summed E-state index contributed by atoms with van der Waals surface area (Å²) in [5.41, 5.74) is 1.43. The van der Waals surface area contributed by atoms with Gasteiger partial charge in [-0.3, -0.25) is 4.79 Å². The first-order chi connectivity index (χ1) is 9.15. The molecular weight excluding hydrogens is 300 g/mol. The summed E-state index contributed by atoms with van der Waals surface area (Å²) < 4.78 is 0. The number of benzene rings is 1. The second-order valence-corrected chi connectivity index (χ2v) is 4.60. The number of aromatic amines is 3. The van der Waals surface area contributed by atoms with Crippen LogP contribution in [0.2, 0.25) is 0 Å². The van der Waals surface area contributed by atoms with Crippen LogP contribution in [0.5, 0.6) is 0 Å². The van der Waals surface area contributed by atoms with Gasteiger partial charge in [0.2, 0.25) is 0 Å². The summed E-state index contributed by atoms with van der Waals surface area (Å²) >= 11 is 4.27. The van der Waals surface area contributed by atoms with Crippen LogP contribution in [0, 0.1) is 0 Å².